The second kappa shape index (κ2) is 12.6. The molecule has 1 saturated heterocycles. The highest BCUT2D eigenvalue weighted by Gasteiger charge is 2.30. The molecule has 33 heavy (non-hydrogen) atoms. The summed E-state index contributed by atoms with van der Waals surface area (Å²) >= 11 is 0. The van der Waals surface area contributed by atoms with Crippen LogP contribution in [0.5, 0.6) is 11.5 Å². The lowest BCUT2D eigenvalue weighted by Crippen LogP contribution is -2.44. The van der Waals surface area contributed by atoms with Crippen molar-refractivity contribution < 1.29 is 28.5 Å². The molecule has 176 valence electrons. The van der Waals surface area contributed by atoms with E-state index in [2.05, 4.69) is 0 Å². The summed E-state index contributed by atoms with van der Waals surface area (Å²) in [5, 5.41) is 0. The van der Waals surface area contributed by atoms with Crippen molar-refractivity contribution >= 4 is 18.0 Å². The zero-order valence-electron chi connectivity index (χ0n) is 19.2. The van der Waals surface area contributed by atoms with Crippen LogP contribution in [0.2, 0.25) is 0 Å². The second-order valence-electron chi connectivity index (χ2n) is 7.49. The first-order valence-electron chi connectivity index (χ1n) is 11.3. The molecule has 0 N–H and O–H groups in total. The first-order valence-corrected chi connectivity index (χ1v) is 11.3. The van der Waals surface area contributed by atoms with Crippen LogP contribution >= 0.6 is 0 Å². The Hall–Kier alpha value is -3.32. The van der Waals surface area contributed by atoms with E-state index < -0.39 is 12.1 Å². The topological polar surface area (TPSA) is 74.3 Å². The fourth-order valence-electron chi connectivity index (χ4n) is 3.39. The predicted octanol–water partition coefficient (Wildman–Crippen LogP) is 4.03. The van der Waals surface area contributed by atoms with Crippen LogP contribution in [0.15, 0.2) is 54.6 Å². The first-order chi connectivity index (χ1) is 16.1. The quantitative estimate of drug-likeness (QED) is 0.399. The molecule has 0 aliphatic carbocycles. The van der Waals surface area contributed by atoms with Gasteiger partial charge in [-0.3, -0.25) is 4.79 Å². The van der Waals surface area contributed by atoms with E-state index in [0.29, 0.717) is 56.6 Å². The monoisotopic (exact) mass is 453 g/mol. The van der Waals surface area contributed by atoms with Crippen molar-refractivity contribution in [1.82, 2.24) is 4.90 Å². The number of esters is 1. The number of amides is 1. The average Bonchev–Trinajstić information content (AvgIpc) is 2.86. The number of ether oxygens (including phenoxy) is 4. The number of hydrogen-bond acceptors (Lipinski definition) is 6. The Bertz CT molecular complexity index is 937. The summed E-state index contributed by atoms with van der Waals surface area (Å²) < 4.78 is 22.3. The van der Waals surface area contributed by atoms with Gasteiger partial charge in [0.2, 0.25) is 6.10 Å². The Morgan fingerprint density at radius 2 is 1.79 bits per heavy atom. The van der Waals surface area contributed by atoms with Gasteiger partial charge in [-0.05, 0) is 37.1 Å². The van der Waals surface area contributed by atoms with Gasteiger partial charge in [-0.2, -0.15) is 0 Å². The van der Waals surface area contributed by atoms with Gasteiger partial charge in [0.05, 0.1) is 26.4 Å². The van der Waals surface area contributed by atoms with Crippen molar-refractivity contribution in [3.05, 3.63) is 65.7 Å². The molecule has 0 aromatic heterocycles. The lowest BCUT2D eigenvalue weighted by Gasteiger charge is -2.30. The first kappa shape index (κ1) is 24.3. The molecule has 7 heteroatoms. The van der Waals surface area contributed by atoms with Gasteiger partial charge >= 0.3 is 5.97 Å². The maximum absolute atomic E-state index is 13.1. The van der Waals surface area contributed by atoms with Crippen LogP contribution in [-0.2, 0) is 19.1 Å². The summed E-state index contributed by atoms with van der Waals surface area (Å²) in [6.07, 6.45) is 2.84. The molecular formula is C26H31NO6. The largest absolute Gasteiger partial charge is 0.490 e. The zero-order valence-corrected chi connectivity index (χ0v) is 19.2. The van der Waals surface area contributed by atoms with E-state index in [1.165, 1.54) is 6.08 Å². The summed E-state index contributed by atoms with van der Waals surface area (Å²) in [7, 11) is 0. The Morgan fingerprint density at radius 1 is 1.03 bits per heavy atom. The number of rotatable bonds is 10. The molecular weight excluding hydrogens is 422 g/mol. The van der Waals surface area contributed by atoms with Crippen molar-refractivity contribution in [3.63, 3.8) is 0 Å². The van der Waals surface area contributed by atoms with Crippen molar-refractivity contribution in [3.8, 4) is 11.5 Å². The minimum Gasteiger partial charge on any atom is -0.490 e. The van der Waals surface area contributed by atoms with Gasteiger partial charge in [-0.1, -0.05) is 43.3 Å². The molecule has 3 rings (SSSR count). The lowest BCUT2D eigenvalue weighted by atomic mass is 10.1. The molecule has 2 aromatic carbocycles. The predicted molar refractivity (Wildman–Crippen MR) is 125 cm³/mol. The third-order valence-corrected chi connectivity index (χ3v) is 5.02. The number of hydrogen-bond donors (Lipinski definition) is 0. The lowest BCUT2D eigenvalue weighted by molar-refractivity contribution is -0.159. The van der Waals surface area contributed by atoms with Crippen LogP contribution in [0, 0.1) is 0 Å². The van der Waals surface area contributed by atoms with E-state index in [-0.39, 0.29) is 5.91 Å². The van der Waals surface area contributed by atoms with E-state index >= 15 is 0 Å². The van der Waals surface area contributed by atoms with Crippen LogP contribution < -0.4 is 9.47 Å². The van der Waals surface area contributed by atoms with Gasteiger partial charge in [0, 0.05) is 24.7 Å². The third-order valence-electron chi connectivity index (χ3n) is 5.02. The maximum atomic E-state index is 13.1. The summed E-state index contributed by atoms with van der Waals surface area (Å²) in [6.45, 7) is 6.93. The summed E-state index contributed by atoms with van der Waals surface area (Å²) in [5.41, 5.74) is 1.39. The van der Waals surface area contributed by atoms with Crippen molar-refractivity contribution in [2.24, 2.45) is 0 Å². The molecule has 1 atom stereocenters. The molecule has 0 bridgehead atoms. The van der Waals surface area contributed by atoms with Crippen LogP contribution in [0.3, 0.4) is 0 Å². The highest BCUT2D eigenvalue weighted by molar-refractivity contribution is 5.91. The SMILES string of the molecule is CCCOc1ccc(/C=C/C(=O)OC(C(=O)N2CCOCC2)c2ccccc2)cc1OCC. The Balaban J connectivity index is 1.73. The standard InChI is InChI=1S/C26H31NO6/c1-3-16-32-22-12-10-20(19-23(22)31-4-2)11-13-24(28)33-25(21-8-6-5-7-9-21)26(29)27-14-17-30-18-15-27/h5-13,19,25H,3-4,14-18H2,1-2H3/b13-11+. The van der Waals surface area contributed by atoms with E-state index in [1.54, 1.807) is 23.1 Å². The van der Waals surface area contributed by atoms with Gasteiger partial charge in [0.1, 0.15) is 0 Å². The number of carbonyl (C=O) groups excluding carboxylic acids is 2. The normalized spacial score (nSPS) is 14.7. The van der Waals surface area contributed by atoms with E-state index in [1.807, 2.05) is 50.2 Å². The van der Waals surface area contributed by atoms with Gasteiger partial charge < -0.3 is 23.8 Å². The summed E-state index contributed by atoms with van der Waals surface area (Å²) in [5.74, 6) is 0.432. The average molecular weight is 454 g/mol. The molecule has 0 spiro atoms. The Labute approximate surface area is 194 Å². The summed E-state index contributed by atoms with van der Waals surface area (Å²) in [6, 6.07) is 14.5. The molecule has 1 aliphatic rings. The summed E-state index contributed by atoms with van der Waals surface area (Å²) in [4.78, 5) is 27.4. The van der Waals surface area contributed by atoms with Gasteiger partial charge in [0.15, 0.2) is 11.5 Å². The van der Waals surface area contributed by atoms with Gasteiger partial charge in [-0.15, -0.1) is 0 Å². The molecule has 0 radical (unpaired) electrons. The van der Waals surface area contributed by atoms with E-state index in [0.717, 1.165) is 12.0 Å². The fourth-order valence-corrected chi connectivity index (χ4v) is 3.39. The minimum absolute atomic E-state index is 0.248. The molecule has 1 aliphatic heterocycles. The Kier molecular flexibility index (Phi) is 9.32. The highest BCUT2D eigenvalue weighted by Crippen LogP contribution is 2.29. The molecule has 1 amide bonds. The number of benzene rings is 2. The third kappa shape index (κ3) is 7.08. The van der Waals surface area contributed by atoms with Crippen LogP contribution in [0.25, 0.3) is 6.08 Å². The van der Waals surface area contributed by atoms with Crippen LogP contribution in [-0.4, -0.2) is 56.3 Å². The second-order valence-corrected chi connectivity index (χ2v) is 7.49. The zero-order chi connectivity index (χ0) is 23.5. The van der Waals surface area contributed by atoms with Crippen molar-refractivity contribution in [1.29, 1.82) is 0 Å². The molecule has 1 heterocycles. The van der Waals surface area contributed by atoms with Crippen LogP contribution in [0.4, 0.5) is 0 Å². The van der Waals surface area contributed by atoms with Crippen molar-refractivity contribution in [2.75, 3.05) is 39.5 Å². The Morgan fingerprint density at radius 3 is 2.48 bits per heavy atom. The van der Waals surface area contributed by atoms with Gasteiger partial charge in [-0.25, -0.2) is 4.79 Å². The van der Waals surface area contributed by atoms with E-state index in [4.69, 9.17) is 18.9 Å². The highest BCUT2D eigenvalue weighted by atomic mass is 16.5. The number of morpholine rings is 1. The number of carbonyl (C=O) groups is 2. The van der Waals surface area contributed by atoms with E-state index in [9.17, 15) is 9.59 Å². The van der Waals surface area contributed by atoms with Crippen LogP contribution in [0.1, 0.15) is 37.5 Å². The molecule has 1 fully saturated rings. The van der Waals surface area contributed by atoms with Gasteiger partial charge in [0.25, 0.3) is 5.91 Å². The van der Waals surface area contributed by atoms with Crippen molar-refractivity contribution in [2.45, 2.75) is 26.4 Å². The fraction of sp³-hybridized carbons (Fsp3) is 0.385. The molecule has 0 saturated carbocycles. The molecule has 1 unspecified atom stereocenters. The minimum atomic E-state index is -1.01. The maximum Gasteiger partial charge on any atom is 0.331 e. The number of nitrogens with zero attached hydrogens (tertiary/aromatic N) is 1. The molecule has 7 nitrogen and oxygen atoms in total. The smallest absolute Gasteiger partial charge is 0.331 e. The molecule has 2 aromatic rings.